The standard InChI is InChI=1S/C4H7NO.C4H6O3.2C3H7NO.2C2H4O.2C2H6/c1-4(6)3-5-2;1-3(5)4(6)7-2;2*1-3(5)4-2;2*1-2-3;2*1-2/h3H,1-2H3;1-2H3;2*1-2H3,(H,4,5);2*2H,1H3;2*1-2H3. The van der Waals surface area contributed by atoms with Crippen LogP contribution in [0.25, 0.3) is 0 Å². The summed E-state index contributed by atoms with van der Waals surface area (Å²) in [6.45, 7) is 16.5. The minimum Gasteiger partial charge on any atom is -0.463 e. The van der Waals surface area contributed by atoms with Gasteiger partial charge in [0, 0.05) is 48.8 Å². The summed E-state index contributed by atoms with van der Waals surface area (Å²) < 4.78 is 4.02. The molecule has 11 nitrogen and oxygen atoms in total. The fraction of sp³-hybridized carbons (Fsp3) is 0.636. The van der Waals surface area contributed by atoms with Gasteiger partial charge >= 0.3 is 5.97 Å². The van der Waals surface area contributed by atoms with Gasteiger partial charge in [-0.15, -0.1) is 0 Å². The third-order valence-electron chi connectivity index (χ3n) is 1.49. The molecule has 0 rings (SSSR count). The molecule has 198 valence electrons. The van der Waals surface area contributed by atoms with Crippen molar-refractivity contribution < 1.29 is 38.3 Å². The molecule has 2 N–H and O–H groups in total. The van der Waals surface area contributed by atoms with Crippen LogP contribution in [0.15, 0.2) is 4.99 Å². The van der Waals surface area contributed by atoms with Crippen molar-refractivity contribution in [1.29, 1.82) is 0 Å². The predicted molar refractivity (Wildman–Crippen MR) is 133 cm³/mol. The molecule has 0 aromatic carbocycles. The topological polar surface area (TPSA) is 165 Å². The van der Waals surface area contributed by atoms with Crippen LogP contribution in [0.5, 0.6) is 0 Å². The van der Waals surface area contributed by atoms with Crippen LogP contribution in [0.2, 0.25) is 0 Å². The lowest BCUT2D eigenvalue weighted by Gasteiger charge is -1.86. The van der Waals surface area contributed by atoms with Crippen LogP contribution in [-0.2, 0) is 38.3 Å². The average molecular weight is 482 g/mol. The number of esters is 1. The summed E-state index contributed by atoms with van der Waals surface area (Å²) in [6.07, 6.45) is 2.78. The van der Waals surface area contributed by atoms with Gasteiger partial charge in [-0.2, -0.15) is 0 Å². The summed E-state index contributed by atoms with van der Waals surface area (Å²) in [4.78, 5) is 70.2. The van der Waals surface area contributed by atoms with E-state index in [4.69, 9.17) is 9.59 Å². The Hall–Kier alpha value is -3.24. The molecule has 0 saturated carbocycles. The maximum absolute atomic E-state index is 9.94. The van der Waals surface area contributed by atoms with Crippen molar-refractivity contribution >= 4 is 48.1 Å². The monoisotopic (exact) mass is 481 g/mol. The van der Waals surface area contributed by atoms with Crippen LogP contribution in [0, 0.1) is 0 Å². The first-order valence-corrected chi connectivity index (χ1v) is 10.0. The molecule has 0 aromatic rings. The smallest absolute Gasteiger partial charge is 0.374 e. The second-order valence-corrected chi connectivity index (χ2v) is 4.13. The summed E-state index contributed by atoms with van der Waals surface area (Å²) in [6, 6.07) is 0. The first-order chi connectivity index (χ1) is 15.3. The number of Topliss-reactive ketones (excluding diaryl/α,β-unsaturated/α-hetero) is 2. The summed E-state index contributed by atoms with van der Waals surface area (Å²) in [7, 11) is 5.94. The molecule has 2 amide bonds. The SMILES string of the molecule is CC.CC.CC=O.CC=O.CN=CC(C)=O.CNC(C)=O.CNC(C)=O.COC(=O)C(C)=O. The molecule has 0 atom stereocenters. The molecule has 0 aliphatic carbocycles. The highest BCUT2D eigenvalue weighted by molar-refractivity contribution is 6.32. The molecule has 33 heavy (non-hydrogen) atoms. The highest BCUT2D eigenvalue weighted by Crippen LogP contribution is 1.71. The van der Waals surface area contributed by atoms with Crippen LogP contribution >= 0.6 is 0 Å². The van der Waals surface area contributed by atoms with E-state index in [-0.39, 0.29) is 17.6 Å². The number of nitrogens with zero attached hydrogens (tertiary/aromatic N) is 1. The van der Waals surface area contributed by atoms with Crippen molar-refractivity contribution in [3.8, 4) is 0 Å². The van der Waals surface area contributed by atoms with E-state index >= 15 is 0 Å². The Labute approximate surface area is 200 Å². The van der Waals surface area contributed by atoms with Crippen LogP contribution < -0.4 is 10.6 Å². The fourth-order valence-electron chi connectivity index (χ4n) is 0.326. The number of ether oxygens (including phenoxy) is 1. The molecule has 0 radical (unpaired) electrons. The number of rotatable bonds is 2. The van der Waals surface area contributed by atoms with E-state index in [0.717, 1.165) is 19.5 Å². The number of carbonyl (C=O) groups is 7. The Balaban J connectivity index is -0.0000000375. The van der Waals surface area contributed by atoms with E-state index in [0.29, 0.717) is 0 Å². The molecular formula is C22H47N3O8. The predicted octanol–water partition coefficient (Wildman–Crippen LogP) is 1.99. The van der Waals surface area contributed by atoms with Crippen LogP contribution in [0.3, 0.4) is 0 Å². The fourth-order valence-corrected chi connectivity index (χ4v) is 0.326. The number of hydrogen-bond acceptors (Lipinski definition) is 9. The van der Waals surface area contributed by atoms with E-state index in [1.807, 2.05) is 27.7 Å². The number of aldehydes is 2. The van der Waals surface area contributed by atoms with Crippen molar-refractivity contribution in [2.75, 3.05) is 28.3 Å². The Morgan fingerprint density at radius 2 is 0.939 bits per heavy atom. The molecule has 0 heterocycles. The largest absolute Gasteiger partial charge is 0.463 e. The van der Waals surface area contributed by atoms with E-state index in [9.17, 15) is 24.0 Å². The van der Waals surface area contributed by atoms with Gasteiger partial charge in [0.05, 0.1) is 13.3 Å². The highest BCUT2D eigenvalue weighted by Gasteiger charge is 2.03. The first-order valence-electron chi connectivity index (χ1n) is 10.0. The summed E-state index contributed by atoms with van der Waals surface area (Å²) >= 11 is 0. The van der Waals surface area contributed by atoms with Gasteiger partial charge in [0.15, 0.2) is 5.78 Å². The van der Waals surface area contributed by atoms with Crippen LogP contribution in [-0.4, -0.2) is 76.4 Å². The Morgan fingerprint density at radius 1 is 0.727 bits per heavy atom. The zero-order valence-corrected chi connectivity index (χ0v) is 22.9. The number of amides is 2. The second kappa shape index (κ2) is 63.0. The molecular weight excluding hydrogens is 434 g/mol. The Morgan fingerprint density at radius 3 is 0.939 bits per heavy atom. The number of nitrogens with one attached hydrogen (secondary N) is 2. The third-order valence-corrected chi connectivity index (χ3v) is 1.49. The number of hydrogen-bond donors (Lipinski definition) is 2. The number of methoxy groups -OCH3 is 1. The molecule has 0 saturated heterocycles. The van der Waals surface area contributed by atoms with E-state index in [1.54, 1.807) is 21.1 Å². The number of carbonyl (C=O) groups excluding carboxylic acids is 7. The third kappa shape index (κ3) is 216. The van der Waals surface area contributed by atoms with E-state index < -0.39 is 11.8 Å². The van der Waals surface area contributed by atoms with Gasteiger partial charge in [-0.25, -0.2) is 4.79 Å². The van der Waals surface area contributed by atoms with Crippen molar-refractivity contribution in [2.45, 2.75) is 69.2 Å². The minimum atomic E-state index is -0.792. The average Bonchev–Trinajstić information content (AvgIpc) is 2.78. The molecule has 0 aromatic heterocycles. The van der Waals surface area contributed by atoms with Crippen LogP contribution in [0.1, 0.15) is 69.2 Å². The van der Waals surface area contributed by atoms with Gasteiger partial charge in [-0.3, -0.25) is 24.2 Å². The molecule has 0 fully saturated rings. The van der Waals surface area contributed by atoms with Gasteiger partial charge in [-0.05, 0) is 13.8 Å². The van der Waals surface area contributed by atoms with E-state index in [2.05, 4.69) is 20.4 Å². The zero-order chi connectivity index (χ0) is 28.8. The maximum atomic E-state index is 9.94. The number of aliphatic imine (C=N–C) groups is 1. The molecule has 0 aliphatic rings. The summed E-state index contributed by atoms with van der Waals surface area (Å²) in [5.41, 5.74) is 0. The van der Waals surface area contributed by atoms with Gasteiger partial charge in [-0.1, -0.05) is 27.7 Å². The zero-order valence-electron chi connectivity index (χ0n) is 22.9. The molecule has 11 heteroatoms. The van der Waals surface area contributed by atoms with E-state index in [1.165, 1.54) is 47.9 Å². The van der Waals surface area contributed by atoms with Crippen molar-refractivity contribution in [1.82, 2.24) is 10.6 Å². The lowest BCUT2D eigenvalue weighted by atomic mass is 10.5. The lowest BCUT2D eigenvalue weighted by Crippen LogP contribution is -2.11. The molecule has 0 unspecified atom stereocenters. The molecule has 0 bridgehead atoms. The van der Waals surface area contributed by atoms with Crippen molar-refractivity contribution in [2.24, 2.45) is 4.99 Å². The minimum absolute atomic E-state index is 0.00231. The second-order valence-electron chi connectivity index (χ2n) is 4.13. The quantitative estimate of drug-likeness (QED) is 0.261. The first kappa shape index (κ1) is 52.0. The van der Waals surface area contributed by atoms with Gasteiger partial charge < -0.3 is 25.0 Å². The van der Waals surface area contributed by atoms with Gasteiger partial charge in [0.25, 0.3) is 0 Å². The maximum Gasteiger partial charge on any atom is 0.374 e. The highest BCUT2D eigenvalue weighted by atomic mass is 16.5. The van der Waals surface area contributed by atoms with Crippen molar-refractivity contribution in [3.63, 3.8) is 0 Å². The Bertz CT molecular complexity index is 472. The van der Waals surface area contributed by atoms with Gasteiger partial charge in [0.1, 0.15) is 12.6 Å². The summed E-state index contributed by atoms with van der Waals surface area (Å²) in [5, 5.41) is 4.78. The number of ketones is 2. The van der Waals surface area contributed by atoms with Crippen LogP contribution in [0.4, 0.5) is 0 Å². The molecule has 0 spiro atoms. The van der Waals surface area contributed by atoms with Crippen molar-refractivity contribution in [3.05, 3.63) is 0 Å². The lowest BCUT2D eigenvalue weighted by molar-refractivity contribution is -0.150. The molecule has 0 aliphatic heterocycles. The normalized spacial score (nSPS) is 6.61. The van der Waals surface area contributed by atoms with Gasteiger partial charge in [0.2, 0.25) is 17.6 Å². The summed E-state index contributed by atoms with van der Waals surface area (Å²) in [5.74, 6) is -1.35. The Kier molecular flexibility index (Phi) is 99.2.